The molecule has 5 nitrogen and oxygen atoms in total. The number of rotatable bonds is 3. The lowest BCUT2D eigenvalue weighted by Gasteiger charge is -2.36. The third-order valence-corrected chi connectivity index (χ3v) is 4.86. The van der Waals surface area contributed by atoms with Gasteiger partial charge in [0, 0.05) is 31.2 Å². The average molecular weight is 311 g/mol. The first-order valence-electron chi connectivity index (χ1n) is 8.69. The second-order valence-corrected chi connectivity index (χ2v) is 7.93. The molecule has 0 bridgehead atoms. The molecule has 2 rings (SSSR count). The Bertz CT molecular complexity index is 381. The molecule has 2 heterocycles. The van der Waals surface area contributed by atoms with E-state index in [0.717, 1.165) is 32.5 Å². The standard InChI is InChI=1S/C17H33N3O2/c1-13-11-14(8-10-19(13)5)18-12-15-7-6-9-20(15)16(21)22-17(2,3)4/h13-15,18H,6-12H2,1-5H3. The highest BCUT2D eigenvalue weighted by molar-refractivity contribution is 5.69. The largest absolute Gasteiger partial charge is 0.444 e. The second kappa shape index (κ2) is 7.18. The summed E-state index contributed by atoms with van der Waals surface area (Å²) in [4.78, 5) is 16.6. The van der Waals surface area contributed by atoms with Crippen molar-refractivity contribution in [3.63, 3.8) is 0 Å². The summed E-state index contributed by atoms with van der Waals surface area (Å²) in [7, 11) is 2.20. The molecule has 5 heteroatoms. The highest BCUT2D eigenvalue weighted by atomic mass is 16.6. The number of carbonyl (C=O) groups excluding carboxylic acids is 1. The molecule has 128 valence electrons. The second-order valence-electron chi connectivity index (χ2n) is 7.93. The van der Waals surface area contributed by atoms with Gasteiger partial charge >= 0.3 is 6.09 Å². The number of carbonyl (C=O) groups is 1. The van der Waals surface area contributed by atoms with Gasteiger partial charge in [-0.05, 0) is 67.0 Å². The molecule has 2 saturated heterocycles. The Labute approximate surface area is 135 Å². The predicted molar refractivity (Wildman–Crippen MR) is 89.1 cm³/mol. The van der Waals surface area contributed by atoms with Gasteiger partial charge in [0.2, 0.25) is 0 Å². The van der Waals surface area contributed by atoms with Gasteiger partial charge in [-0.1, -0.05) is 0 Å². The molecule has 2 aliphatic rings. The van der Waals surface area contributed by atoms with Crippen LogP contribution in [0.5, 0.6) is 0 Å². The normalized spacial score (nSPS) is 30.6. The quantitative estimate of drug-likeness (QED) is 0.869. The van der Waals surface area contributed by atoms with E-state index >= 15 is 0 Å². The van der Waals surface area contributed by atoms with Crippen molar-refractivity contribution in [1.29, 1.82) is 0 Å². The SMILES string of the molecule is CC1CC(NCC2CCCN2C(=O)OC(C)(C)C)CCN1C. The zero-order valence-corrected chi connectivity index (χ0v) is 14.9. The lowest BCUT2D eigenvalue weighted by atomic mass is 9.98. The molecule has 2 fully saturated rings. The Morgan fingerprint density at radius 2 is 2.00 bits per heavy atom. The van der Waals surface area contributed by atoms with Gasteiger partial charge in [-0.25, -0.2) is 4.79 Å². The summed E-state index contributed by atoms with van der Waals surface area (Å²) in [6, 6.07) is 1.49. The fourth-order valence-corrected chi connectivity index (χ4v) is 3.39. The predicted octanol–water partition coefficient (Wildman–Crippen LogP) is 2.46. The molecule has 1 N–H and O–H groups in total. The Balaban J connectivity index is 1.80. The topological polar surface area (TPSA) is 44.8 Å². The van der Waals surface area contributed by atoms with Crippen molar-refractivity contribution >= 4 is 6.09 Å². The van der Waals surface area contributed by atoms with Crippen LogP contribution in [0.15, 0.2) is 0 Å². The van der Waals surface area contributed by atoms with Gasteiger partial charge < -0.3 is 19.9 Å². The summed E-state index contributed by atoms with van der Waals surface area (Å²) >= 11 is 0. The van der Waals surface area contributed by atoms with Gasteiger partial charge in [-0.3, -0.25) is 0 Å². The van der Waals surface area contributed by atoms with Crippen LogP contribution in [0, 0.1) is 0 Å². The highest BCUT2D eigenvalue weighted by Crippen LogP contribution is 2.21. The van der Waals surface area contributed by atoms with Crippen LogP contribution >= 0.6 is 0 Å². The monoisotopic (exact) mass is 311 g/mol. The van der Waals surface area contributed by atoms with Crippen molar-refractivity contribution in [1.82, 2.24) is 15.1 Å². The molecule has 1 amide bonds. The van der Waals surface area contributed by atoms with Crippen molar-refractivity contribution in [3.8, 4) is 0 Å². The molecule has 0 radical (unpaired) electrons. The molecule has 0 aromatic heterocycles. The molecule has 0 aromatic rings. The maximum absolute atomic E-state index is 12.3. The highest BCUT2D eigenvalue weighted by Gasteiger charge is 2.32. The van der Waals surface area contributed by atoms with E-state index in [0.29, 0.717) is 12.1 Å². The van der Waals surface area contributed by atoms with E-state index in [-0.39, 0.29) is 12.1 Å². The number of piperidine rings is 1. The Morgan fingerprint density at radius 1 is 1.27 bits per heavy atom. The molecular formula is C17H33N3O2. The number of likely N-dealkylation sites (tertiary alicyclic amines) is 2. The Hall–Kier alpha value is -0.810. The van der Waals surface area contributed by atoms with Gasteiger partial charge in [0.15, 0.2) is 0 Å². The molecule has 2 aliphatic heterocycles. The number of hydrogen-bond acceptors (Lipinski definition) is 4. The fraction of sp³-hybridized carbons (Fsp3) is 0.941. The first kappa shape index (κ1) is 17.5. The van der Waals surface area contributed by atoms with Crippen molar-refractivity contribution in [2.45, 2.75) is 77.1 Å². The maximum Gasteiger partial charge on any atom is 0.410 e. The van der Waals surface area contributed by atoms with Crippen molar-refractivity contribution in [2.24, 2.45) is 0 Å². The zero-order valence-electron chi connectivity index (χ0n) is 14.9. The van der Waals surface area contributed by atoms with Crippen LogP contribution in [0.3, 0.4) is 0 Å². The third kappa shape index (κ3) is 4.85. The molecule has 0 aliphatic carbocycles. The average Bonchev–Trinajstić information content (AvgIpc) is 2.87. The number of amides is 1. The summed E-state index contributed by atoms with van der Waals surface area (Å²) in [6.45, 7) is 10.9. The first-order valence-corrected chi connectivity index (χ1v) is 8.69. The van der Waals surface area contributed by atoms with Crippen LogP contribution in [-0.4, -0.2) is 66.3 Å². The lowest BCUT2D eigenvalue weighted by molar-refractivity contribution is 0.0222. The van der Waals surface area contributed by atoms with Crippen LogP contribution in [-0.2, 0) is 4.74 Å². The minimum absolute atomic E-state index is 0.159. The molecule has 0 spiro atoms. The molecule has 3 unspecified atom stereocenters. The van der Waals surface area contributed by atoms with E-state index in [4.69, 9.17) is 4.74 Å². The molecule has 22 heavy (non-hydrogen) atoms. The van der Waals surface area contributed by atoms with Gasteiger partial charge in [-0.15, -0.1) is 0 Å². The van der Waals surface area contributed by atoms with Crippen molar-refractivity contribution in [2.75, 3.05) is 26.7 Å². The van der Waals surface area contributed by atoms with E-state index in [1.54, 1.807) is 0 Å². The van der Waals surface area contributed by atoms with Crippen LogP contribution < -0.4 is 5.32 Å². The summed E-state index contributed by atoms with van der Waals surface area (Å²) in [5, 5.41) is 3.69. The number of nitrogens with one attached hydrogen (secondary N) is 1. The van der Waals surface area contributed by atoms with Crippen LogP contribution in [0.25, 0.3) is 0 Å². The summed E-state index contributed by atoms with van der Waals surface area (Å²) in [5.74, 6) is 0. The van der Waals surface area contributed by atoms with Gasteiger partial charge in [-0.2, -0.15) is 0 Å². The maximum atomic E-state index is 12.3. The van der Waals surface area contributed by atoms with Gasteiger partial charge in [0.25, 0.3) is 0 Å². The van der Waals surface area contributed by atoms with Crippen LogP contribution in [0.1, 0.15) is 53.4 Å². The molecule has 3 atom stereocenters. The third-order valence-electron chi connectivity index (χ3n) is 4.86. The van der Waals surface area contributed by atoms with Crippen LogP contribution in [0.4, 0.5) is 4.79 Å². The van der Waals surface area contributed by atoms with E-state index < -0.39 is 5.60 Å². The lowest BCUT2D eigenvalue weighted by Crippen LogP contribution is -2.50. The Morgan fingerprint density at radius 3 is 2.64 bits per heavy atom. The minimum atomic E-state index is -0.416. The van der Waals surface area contributed by atoms with Gasteiger partial charge in [0.05, 0.1) is 0 Å². The summed E-state index contributed by atoms with van der Waals surface area (Å²) in [6.07, 6.45) is 4.38. The summed E-state index contributed by atoms with van der Waals surface area (Å²) < 4.78 is 5.53. The fourth-order valence-electron chi connectivity index (χ4n) is 3.39. The van der Waals surface area contributed by atoms with E-state index in [1.165, 1.54) is 12.8 Å². The number of nitrogens with zero attached hydrogens (tertiary/aromatic N) is 2. The molecule has 0 saturated carbocycles. The van der Waals surface area contributed by atoms with Crippen molar-refractivity contribution in [3.05, 3.63) is 0 Å². The van der Waals surface area contributed by atoms with E-state index in [1.807, 2.05) is 25.7 Å². The zero-order chi connectivity index (χ0) is 16.3. The number of hydrogen-bond donors (Lipinski definition) is 1. The van der Waals surface area contributed by atoms with Gasteiger partial charge in [0.1, 0.15) is 5.60 Å². The summed E-state index contributed by atoms with van der Waals surface area (Å²) in [5.41, 5.74) is -0.416. The van der Waals surface area contributed by atoms with Crippen LogP contribution in [0.2, 0.25) is 0 Å². The van der Waals surface area contributed by atoms with Crippen molar-refractivity contribution < 1.29 is 9.53 Å². The minimum Gasteiger partial charge on any atom is -0.444 e. The smallest absolute Gasteiger partial charge is 0.410 e. The first-order chi connectivity index (χ1) is 10.3. The van der Waals surface area contributed by atoms with E-state index in [2.05, 4.69) is 24.2 Å². The van der Waals surface area contributed by atoms with E-state index in [9.17, 15) is 4.79 Å². The Kier molecular flexibility index (Phi) is 5.72. The molecular weight excluding hydrogens is 278 g/mol. The number of ether oxygens (including phenoxy) is 1. The molecule has 0 aromatic carbocycles.